The number of carbonyl (C=O) groups excluding carboxylic acids is 4. The number of hydrazine groups is 1. The van der Waals surface area contributed by atoms with Crippen LogP contribution in [0.1, 0.15) is 79.6 Å². The summed E-state index contributed by atoms with van der Waals surface area (Å²) in [6.45, 7) is 6.77. The van der Waals surface area contributed by atoms with Crippen LogP contribution in [0.4, 0.5) is 18.0 Å². The van der Waals surface area contributed by atoms with Crippen molar-refractivity contribution in [2.75, 3.05) is 6.54 Å². The number of carbonyl (C=O) groups is 4. The molecule has 6 rings (SSSR count). The maximum atomic E-state index is 14.7. The van der Waals surface area contributed by atoms with Crippen molar-refractivity contribution in [2.24, 2.45) is 17.8 Å². The number of nitrogens with one attached hydrogen (secondary N) is 4. The molecular formula is C38H50F3N7O9S. The summed E-state index contributed by atoms with van der Waals surface area (Å²) in [5.74, 6) is -3.43. The van der Waals surface area contributed by atoms with E-state index in [0.717, 1.165) is 0 Å². The molecule has 4 aliphatic rings. The predicted molar refractivity (Wildman–Crippen MR) is 203 cm³/mol. The summed E-state index contributed by atoms with van der Waals surface area (Å²) in [6, 6.07) is 4.05. The Morgan fingerprint density at radius 3 is 2.40 bits per heavy atom. The number of fused-ring (bicyclic) bond motifs is 3. The lowest BCUT2D eigenvalue weighted by Gasteiger charge is -2.33. The number of allylic oxidation sites excluding steroid dienone is 1. The minimum Gasteiger partial charge on any atom is -0.471 e. The number of ether oxygens (including phenoxy) is 2. The summed E-state index contributed by atoms with van der Waals surface area (Å²) in [4.78, 5) is 69.9. The van der Waals surface area contributed by atoms with Crippen LogP contribution in [0.15, 0.2) is 41.2 Å². The standard InChI is InChI=1S/C38H50F3N7O9S/c1-6-48-32(50)27-14-10-9-13-26(27)31(45-48)56-24-18-28-30(49)42-37(34(52)46-58(54,55)25-15-16-25)19-23(37)12-8-7-11-21(2)17-22(3)29(33(51)47(28)20-24)43-44-35(53)57-36(4,5)38(39,40)41/h8-10,12-14,21-25,28-29,43H,6-7,11,15-20H2,1-5H3,(H,42,49)(H,44,53)(H,46,52)/b12-8-/t21-,22-,23-,24-,28+,29+,37-/m1/s1. The molecule has 0 spiro atoms. The number of halogens is 3. The van der Waals surface area contributed by atoms with Gasteiger partial charge < -0.3 is 19.7 Å². The second-order valence-electron chi connectivity index (χ2n) is 16.4. The molecule has 318 valence electrons. The fraction of sp³-hybridized carbons (Fsp3) is 0.632. The van der Waals surface area contributed by atoms with Gasteiger partial charge in [-0.25, -0.2) is 23.3 Å². The zero-order valence-corrected chi connectivity index (χ0v) is 33.7. The Morgan fingerprint density at radius 2 is 1.74 bits per heavy atom. The summed E-state index contributed by atoms with van der Waals surface area (Å²) >= 11 is 0. The molecule has 0 radical (unpaired) electrons. The Bertz CT molecular complexity index is 2140. The van der Waals surface area contributed by atoms with Gasteiger partial charge in [-0.1, -0.05) is 38.1 Å². The van der Waals surface area contributed by atoms with Gasteiger partial charge >= 0.3 is 12.3 Å². The number of benzene rings is 1. The molecular weight excluding hydrogens is 788 g/mol. The number of nitrogens with zero attached hydrogens (tertiary/aromatic N) is 3. The fourth-order valence-corrected chi connectivity index (χ4v) is 8.98. The molecule has 0 unspecified atom stereocenters. The number of rotatable bonds is 9. The van der Waals surface area contributed by atoms with E-state index in [2.05, 4.69) is 30.7 Å². The van der Waals surface area contributed by atoms with Crippen LogP contribution in [-0.2, 0) is 35.7 Å². The molecule has 3 heterocycles. The summed E-state index contributed by atoms with van der Waals surface area (Å²) < 4.78 is 80.7. The van der Waals surface area contributed by atoms with Crippen LogP contribution in [0.3, 0.4) is 0 Å². The molecule has 1 aromatic heterocycles. The van der Waals surface area contributed by atoms with E-state index in [-0.39, 0.29) is 43.3 Å². The first kappa shape index (κ1) is 42.9. The molecule has 58 heavy (non-hydrogen) atoms. The lowest BCUT2D eigenvalue weighted by atomic mass is 9.88. The minimum atomic E-state index is -4.90. The second kappa shape index (κ2) is 16.1. The van der Waals surface area contributed by atoms with Gasteiger partial charge in [-0.2, -0.15) is 13.2 Å². The molecule has 20 heteroatoms. The lowest BCUT2D eigenvalue weighted by molar-refractivity contribution is -0.244. The minimum absolute atomic E-state index is 0.00671. The van der Waals surface area contributed by atoms with Crippen molar-refractivity contribution in [3.63, 3.8) is 0 Å². The van der Waals surface area contributed by atoms with Gasteiger partial charge in [-0.3, -0.25) is 29.3 Å². The average Bonchev–Trinajstić information content (AvgIpc) is 4.07. The summed E-state index contributed by atoms with van der Waals surface area (Å²) in [7, 11) is -3.99. The van der Waals surface area contributed by atoms with E-state index in [1.54, 1.807) is 44.2 Å². The Morgan fingerprint density at radius 1 is 1.05 bits per heavy atom. The van der Waals surface area contributed by atoms with E-state index >= 15 is 0 Å². The molecule has 1 saturated heterocycles. The van der Waals surface area contributed by atoms with Crippen LogP contribution in [0, 0.1) is 17.8 Å². The topological polar surface area (TPSA) is 207 Å². The van der Waals surface area contributed by atoms with Crippen molar-refractivity contribution in [1.82, 2.24) is 35.6 Å². The van der Waals surface area contributed by atoms with Crippen molar-refractivity contribution in [2.45, 2.75) is 127 Å². The van der Waals surface area contributed by atoms with Gasteiger partial charge in [-0.05, 0) is 83.3 Å². The van der Waals surface area contributed by atoms with E-state index in [4.69, 9.17) is 4.74 Å². The molecule has 3 fully saturated rings. The maximum absolute atomic E-state index is 14.7. The van der Waals surface area contributed by atoms with Crippen LogP contribution in [0.25, 0.3) is 10.8 Å². The third-order valence-electron chi connectivity index (χ3n) is 11.4. The SMILES string of the molecule is CCn1nc(O[C@@H]2C[C@H]3C(=O)N[C@]4(C(=O)NS(=O)(=O)C5CC5)C[C@H]4/C=C\CC[C@@H](C)C[C@@H](C)[C@H](NNC(=O)OC(C)(C)C(F)(F)F)C(=O)N3C2)c2ccccc2c1=O. The zero-order chi connectivity index (χ0) is 42.4. The summed E-state index contributed by atoms with van der Waals surface area (Å²) in [5, 5.41) is 7.20. The van der Waals surface area contributed by atoms with Crippen molar-refractivity contribution in [1.29, 1.82) is 0 Å². The highest BCUT2D eigenvalue weighted by Crippen LogP contribution is 2.46. The maximum Gasteiger partial charge on any atom is 0.427 e. The van der Waals surface area contributed by atoms with E-state index in [9.17, 15) is 45.6 Å². The number of alkyl halides is 3. The Kier molecular flexibility index (Phi) is 11.9. The Balaban J connectivity index is 1.34. The summed E-state index contributed by atoms with van der Waals surface area (Å²) in [6.07, 6.45) is -1.27. The molecule has 4 N–H and O–H groups in total. The van der Waals surface area contributed by atoms with Gasteiger partial charge in [0.2, 0.25) is 33.3 Å². The molecule has 2 aromatic rings. The van der Waals surface area contributed by atoms with Crippen molar-refractivity contribution in [3.8, 4) is 5.88 Å². The normalized spacial score (nSPS) is 28.9. The van der Waals surface area contributed by atoms with Gasteiger partial charge in [0.05, 0.1) is 22.6 Å². The molecule has 16 nitrogen and oxygen atoms in total. The van der Waals surface area contributed by atoms with Gasteiger partial charge in [0.1, 0.15) is 23.7 Å². The first-order valence-electron chi connectivity index (χ1n) is 19.5. The largest absolute Gasteiger partial charge is 0.471 e. The second-order valence-corrected chi connectivity index (χ2v) is 18.3. The lowest BCUT2D eigenvalue weighted by Crippen LogP contribution is -2.60. The highest BCUT2D eigenvalue weighted by atomic mass is 32.2. The van der Waals surface area contributed by atoms with Crippen molar-refractivity contribution in [3.05, 3.63) is 46.8 Å². The number of hydrogen-bond donors (Lipinski definition) is 4. The first-order valence-corrected chi connectivity index (χ1v) is 21.0. The molecule has 2 aliphatic heterocycles. The van der Waals surface area contributed by atoms with Crippen LogP contribution < -0.4 is 31.2 Å². The van der Waals surface area contributed by atoms with E-state index in [0.29, 0.717) is 56.7 Å². The molecule has 0 bridgehead atoms. The molecule has 4 amide bonds. The van der Waals surface area contributed by atoms with Gasteiger partial charge in [0, 0.05) is 18.9 Å². The Labute approximate surface area is 333 Å². The number of hydrogen-bond acceptors (Lipinski definition) is 11. The number of aryl methyl sites for hydroxylation is 1. The van der Waals surface area contributed by atoms with E-state index in [1.807, 2.05) is 13.0 Å². The number of aromatic nitrogens is 2. The molecule has 7 atom stereocenters. The molecule has 2 aliphatic carbocycles. The third kappa shape index (κ3) is 8.96. The van der Waals surface area contributed by atoms with Crippen LogP contribution in [0.2, 0.25) is 0 Å². The third-order valence-corrected chi connectivity index (χ3v) is 13.2. The van der Waals surface area contributed by atoms with Gasteiger partial charge in [0.25, 0.3) is 11.5 Å². The zero-order valence-electron chi connectivity index (χ0n) is 32.9. The Hall–Kier alpha value is -4.72. The van der Waals surface area contributed by atoms with Gasteiger partial charge in [0.15, 0.2) is 0 Å². The van der Waals surface area contributed by atoms with E-state index in [1.165, 1.54) is 9.58 Å². The highest BCUT2D eigenvalue weighted by Gasteiger charge is 2.62. The monoisotopic (exact) mass is 837 g/mol. The van der Waals surface area contributed by atoms with Gasteiger partial charge in [-0.15, -0.1) is 5.10 Å². The fourth-order valence-electron chi connectivity index (χ4n) is 7.61. The van der Waals surface area contributed by atoms with Crippen LogP contribution in [0.5, 0.6) is 5.88 Å². The number of sulfonamides is 1. The average molecular weight is 838 g/mol. The number of amides is 4. The molecule has 2 saturated carbocycles. The predicted octanol–water partition coefficient (Wildman–Crippen LogP) is 3.20. The van der Waals surface area contributed by atoms with Crippen LogP contribution in [-0.4, -0.2) is 94.2 Å². The summed E-state index contributed by atoms with van der Waals surface area (Å²) in [5.41, 5.74) is -0.164. The highest BCUT2D eigenvalue weighted by molar-refractivity contribution is 7.91. The van der Waals surface area contributed by atoms with E-state index < -0.39 is 86.4 Å². The first-order chi connectivity index (χ1) is 27.2. The van der Waals surface area contributed by atoms with Crippen LogP contribution >= 0.6 is 0 Å². The smallest absolute Gasteiger partial charge is 0.427 e. The van der Waals surface area contributed by atoms with Crippen molar-refractivity contribution >= 4 is 44.6 Å². The van der Waals surface area contributed by atoms with Crippen molar-refractivity contribution < 1.29 is 50.2 Å². The molecule has 1 aromatic carbocycles. The quantitative estimate of drug-likeness (QED) is 0.213.